The van der Waals surface area contributed by atoms with Crippen LogP contribution in [0.5, 0.6) is 0 Å². The molecule has 1 N–H and O–H groups in total. The molecule has 7 nitrogen and oxygen atoms in total. The smallest absolute Gasteiger partial charge is 0.310 e. The first kappa shape index (κ1) is 13.5. The highest BCUT2D eigenvalue weighted by Crippen LogP contribution is 2.19. The lowest BCUT2D eigenvalue weighted by Crippen LogP contribution is -2.43. The van der Waals surface area contributed by atoms with Gasteiger partial charge in [0.2, 0.25) is 0 Å². The standard InChI is InChI=1S/C12H18N4O3/c1-3-19-12(18)9-5-4-6-16(7-9)11(17)10-8(2)13-15-14-10/h9H,3-7H2,1-2H3,(H,13,14,15). The molecule has 1 aromatic heterocycles. The molecule has 1 unspecified atom stereocenters. The van der Waals surface area contributed by atoms with Crippen LogP contribution in [0.25, 0.3) is 0 Å². The fourth-order valence-corrected chi connectivity index (χ4v) is 2.25. The lowest BCUT2D eigenvalue weighted by Gasteiger charge is -2.31. The fraction of sp³-hybridized carbons (Fsp3) is 0.667. The summed E-state index contributed by atoms with van der Waals surface area (Å²) in [5, 5.41) is 10.1. The number of carbonyl (C=O) groups excluding carboxylic acids is 2. The number of piperidine rings is 1. The van der Waals surface area contributed by atoms with Gasteiger partial charge in [0.1, 0.15) is 0 Å². The lowest BCUT2D eigenvalue weighted by molar-refractivity contribution is -0.149. The van der Waals surface area contributed by atoms with Crippen LogP contribution in [-0.2, 0) is 9.53 Å². The summed E-state index contributed by atoms with van der Waals surface area (Å²) in [7, 11) is 0. The van der Waals surface area contributed by atoms with Crippen LogP contribution in [-0.4, -0.2) is 51.9 Å². The van der Waals surface area contributed by atoms with Gasteiger partial charge in [0.05, 0.1) is 18.2 Å². The fourth-order valence-electron chi connectivity index (χ4n) is 2.25. The highest BCUT2D eigenvalue weighted by atomic mass is 16.5. The molecule has 1 aliphatic rings. The van der Waals surface area contributed by atoms with E-state index < -0.39 is 0 Å². The summed E-state index contributed by atoms with van der Waals surface area (Å²) >= 11 is 0. The molecule has 2 rings (SSSR count). The maximum Gasteiger partial charge on any atom is 0.310 e. The van der Waals surface area contributed by atoms with Crippen LogP contribution in [0.4, 0.5) is 0 Å². The van der Waals surface area contributed by atoms with E-state index in [1.807, 2.05) is 0 Å². The number of H-pyrrole nitrogens is 1. The summed E-state index contributed by atoms with van der Waals surface area (Å²) in [6.45, 7) is 4.91. The van der Waals surface area contributed by atoms with Gasteiger partial charge in [-0.25, -0.2) is 0 Å². The second-order valence-electron chi connectivity index (χ2n) is 4.60. The maximum atomic E-state index is 12.3. The molecule has 1 fully saturated rings. The zero-order valence-corrected chi connectivity index (χ0v) is 11.2. The predicted molar refractivity (Wildman–Crippen MR) is 66.4 cm³/mol. The van der Waals surface area contributed by atoms with E-state index in [9.17, 15) is 9.59 Å². The molecule has 0 aromatic carbocycles. The Morgan fingerprint density at radius 3 is 2.89 bits per heavy atom. The van der Waals surface area contributed by atoms with Gasteiger partial charge in [-0.05, 0) is 26.7 Å². The van der Waals surface area contributed by atoms with Crippen LogP contribution < -0.4 is 0 Å². The normalized spacial score (nSPS) is 19.3. The number of aromatic amines is 1. The second kappa shape index (κ2) is 5.81. The molecule has 0 saturated carbocycles. The molecular weight excluding hydrogens is 248 g/mol. The van der Waals surface area contributed by atoms with E-state index in [-0.39, 0.29) is 17.8 Å². The van der Waals surface area contributed by atoms with Crippen molar-refractivity contribution in [2.24, 2.45) is 5.92 Å². The van der Waals surface area contributed by atoms with Crippen molar-refractivity contribution in [1.29, 1.82) is 0 Å². The van der Waals surface area contributed by atoms with E-state index in [1.54, 1.807) is 18.7 Å². The Labute approximate surface area is 111 Å². The zero-order chi connectivity index (χ0) is 13.8. The average molecular weight is 266 g/mol. The van der Waals surface area contributed by atoms with Crippen molar-refractivity contribution >= 4 is 11.9 Å². The number of ether oxygens (including phenoxy) is 1. The number of nitrogens with zero attached hydrogens (tertiary/aromatic N) is 3. The monoisotopic (exact) mass is 266 g/mol. The van der Waals surface area contributed by atoms with Crippen molar-refractivity contribution in [2.45, 2.75) is 26.7 Å². The Balaban J connectivity index is 2.03. The third kappa shape index (κ3) is 2.91. The number of esters is 1. The Kier molecular flexibility index (Phi) is 4.13. The molecule has 1 aromatic rings. The second-order valence-corrected chi connectivity index (χ2v) is 4.60. The van der Waals surface area contributed by atoms with E-state index in [2.05, 4.69) is 15.4 Å². The Morgan fingerprint density at radius 1 is 1.47 bits per heavy atom. The molecule has 0 bridgehead atoms. The first-order chi connectivity index (χ1) is 9.13. The van der Waals surface area contributed by atoms with Crippen molar-refractivity contribution in [1.82, 2.24) is 20.3 Å². The third-order valence-electron chi connectivity index (χ3n) is 3.25. The van der Waals surface area contributed by atoms with Crippen LogP contribution in [0, 0.1) is 12.8 Å². The maximum absolute atomic E-state index is 12.3. The Hall–Kier alpha value is -1.92. The number of carbonyl (C=O) groups is 2. The van der Waals surface area contributed by atoms with E-state index >= 15 is 0 Å². The molecule has 2 heterocycles. The molecule has 19 heavy (non-hydrogen) atoms. The largest absolute Gasteiger partial charge is 0.466 e. The van der Waals surface area contributed by atoms with Crippen molar-refractivity contribution in [3.8, 4) is 0 Å². The highest BCUT2D eigenvalue weighted by Gasteiger charge is 2.31. The van der Waals surface area contributed by atoms with Crippen LogP contribution in [0.15, 0.2) is 0 Å². The number of amides is 1. The minimum Gasteiger partial charge on any atom is -0.466 e. The molecule has 1 saturated heterocycles. The number of aromatic nitrogens is 3. The summed E-state index contributed by atoms with van der Waals surface area (Å²) in [5.41, 5.74) is 0.896. The molecule has 0 radical (unpaired) electrons. The molecular formula is C12H18N4O3. The number of hydrogen-bond acceptors (Lipinski definition) is 5. The molecule has 0 aliphatic carbocycles. The highest BCUT2D eigenvalue weighted by molar-refractivity contribution is 5.93. The molecule has 1 aliphatic heterocycles. The summed E-state index contributed by atoms with van der Waals surface area (Å²) in [6, 6.07) is 0. The number of hydrogen-bond donors (Lipinski definition) is 1. The van der Waals surface area contributed by atoms with Gasteiger partial charge in [0, 0.05) is 13.1 Å². The van der Waals surface area contributed by atoms with Crippen LogP contribution >= 0.6 is 0 Å². The first-order valence-corrected chi connectivity index (χ1v) is 6.46. The van der Waals surface area contributed by atoms with Gasteiger partial charge in [-0.3, -0.25) is 9.59 Å². The molecule has 104 valence electrons. The number of aryl methyl sites for hydroxylation is 1. The predicted octanol–water partition coefficient (Wildman–Crippen LogP) is 0.528. The Morgan fingerprint density at radius 2 is 2.26 bits per heavy atom. The molecule has 0 spiro atoms. The van der Waals surface area contributed by atoms with Gasteiger partial charge in [-0.15, -0.1) is 0 Å². The summed E-state index contributed by atoms with van der Waals surface area (Å²) in [4.78, 5) is 25.6. The first-order valence-electron chi connectivity index (χ1n) is 6.46. The number of likely N-dealkylation sites (tertiary alicyclic amines) is 1. The van der Waals surface area contributed by atoms with Gasteiger partial charge >= 0.3 is 5.97 Å². The van der Waals surface area contributed by atoms with Gasteiger partial charge in [-0.2, -0.15) is 15.4 Å². The van der Waals surface area contributed by atoms with E-state index in [0.717, 1.165) is 12.8 Å². The molecule has 1 amide bonds. The SMILES string of the molecule is CCOC(=O)C1CCCN(C(=O)c2n[nH]nc2C)C1. The third-order valence-corrected chi connectivity index (χ3v) is 3.25. The van der Waals surface area contributed by atoms with Crippen LogP contribution in [0.1, 0.15) is 35.9 Å². The van der Waals surface area contributed by atoms with Crippen molar-refractivity contribution in [2.75, 3.05) is 19.7 Å². The van der Waals surface area contributed by atoms with E-state index in [0.29, 0.717) is 31.1 Å². The van der Waals surface area contributed by atoms with E-state index in [1.165, 1.54) is 0 Å². The number of rotatable bonds is 3. The number of nitrogens with one attached hydrogen (secondary N) is 1. The minimum atomic E-state index is -0.232. The van der Waals surface area contributed by atoms with Gasteiger partial charge in [0.15, 0.2) is 5.69 Å². The minimum absolute atomic E-state index is 0.180. The lowest BCUT2D eigenvalue weighted by atomic mass is 9.98. The van der Waals surface area contributed by atoms with Gasteiger partial charge in [0.25, 0.3) is 5.91 Å². The average Bonchev–Trinajstić information content (AvgIpc) is 2.84. The van der Waals surface area contributed by atoms with E-state index in [4.69, 9.17) is 4.74 Å². The topological polar surface area (TPSA) is 88.2 Å². The Bertz CT molecular complexity index is 471. The van der Waals surface area contributed by atoms with Gasteiger partial charge in [-0.1, -0.05) is 0 Å². The van der Waals surface area contributed by atoms with Gasteiger partial charge < -0.3 is 9.64 Å². The molecule has 1 atom stereocenters. The van der Waals surface area contributed by atoms with Crippen molar-refractivity contribution < 1.29 is 14.3 Å². The molecule has 7 heteroatoms. The quantitative estimate of drug-likeness (QED) is 0.806. The van der Waals surface area contributed by atoms with Crippen LogP contribution in [0.2, 0.25) is 0 Å². The zero-order valence-electron chi connectivity index (χ0n) is 11.2. The van der Waals surface area contributed by atoms with Crippen LogP contribution in [0.3, 0.4) is 0 Å². The van der Waals surface area contributed by atoms with Crippen molar-refractivity contribution in [3.63, 3.8) is 0 Å². The summed E-state index contributed by atoms with van der Waals surface area (Å²) in [5.74, 6) is -0.637. The summed E-state index contributed by atoms with van der Waals surface area (Å²) < 4.78 is 5.01. The summed E-state index contributed by atoms with van der Waals surface area (Å²) in [6.07, 6.45) is 1.56. The van der Waals surface area contributed by atoms with Crippen molar-refractivity contribution in [3.05, 3.63) is 11.4 Å².